The summed E-state index contributed by atoms with van der Waals surface area (Å²) in [7, 11) is 0. The van der Waals surface area contributed by atoms with E-state index >= 15 is 0 Å². The lowest BCUT2D eigenvalue weighted by Gasteiger charge is -2.23. The highest BCUT2D eigenvalue weighted by Gasteiger charge is 2.20. The van der Waals surface area contributed by atoms with Crippen LogP contribution < -0.4 is 15.4 Å². The van der Waals surface area contributed by atoms with Gasteiger partial charge in [0.15, 0.2) is 0 Å². The monoisotopic (exact) mass is 425 g/mol. The van der Waals surface area contributed by atoms with Gasteiger partial charge >= 0.3 is 0 Å². The summed E-state index contributed by atoms with van der Waals surface area (Å²) < 4.78 is 23.6. The average molecular weight is 425 g/mol. The third kappa shape index (κ3) is 4.35. The maximum Gasteiger partial charge on any atom is 0.220 e. The number of carbonyl (C=O) groups is 1. The number of halogens is 1. The van der Waals surface area contributed by atoms with E-state index in [-0.39, 0.29) is 11.8 Å². The van der Waals surface area contributed by atoms with Crippen LogP contribution in [0.25, 0.3) is 10.9 Å². The first-order chi connectivity index (χ1) is 14.5. The van der Waals surface area contributed by atoms with E-state index in [0.29, 0.717) is 48.0 Å². The fourth-order valence-corrected chi connectivity index (χ4v) is 3.67. The number of nitrogens with zero attached hydrogens (tertiary/aromatic N) is 3. The van der Waals surface area contributed by atoms with Gasteiger partial charge in [0.2, 0.25) is 5.91 Å². The quantitative estimate of drug-likeness (QED) is 0.619. The van der Waals surface area contributed by atoms with E-state index in [1.54, 1.807) is 12.1 Å². The number of hydrogen-bond donors (Lipinski definition) is 2. The van der Waals surface area contributed by atoms with Crippen molar-refractivity contribution in [2.24, 2.45) is 10.3 Å². The Morgan fingerprint density at radius 2 is 2.20 bits per heavy atom. The second-order valence-corrected chi connectivity index (χ2v) is 7.44. The molecule has 1 aliphatic heterocycles. The molecule has 1 saturated heterocycles. The number of hydrogen-bond acceptors (Lipinski definition) is 7. The van der Waals surface area contributed by atoms with E-state index in [1.165, 1.54) is 18.5 Å². The van der Waals surface area contributed by atoms with Gasteiger partial charge in [0, 0.05) is 42.8 Å². The first kappa shape index (κ1) is 20.1. The highest BCUT2D eigenvalue weighted by Crippen LogP contribution is 2.33. The van der Waals surface area contributed by atoms with Crippen molar-refractivity contribution in [3.05, 3.63) is 48.0 Å². The molecule has 0 aliphatic carbocycles. The molecular formula is C21H20FN5O2S. The van der Waals surface area contributed by atoms with Crippen LogP contribution in [0.5, 0.6) is 5.75 Å². The Morgan fingerprint density at radius 1 is 1.33 bits per heavy atom. The molecule has 1 amide bonds. The van der Waals surface area contributed by atoms with Crippen molar-refractivity contribution in [2.75, 3.05) is 18.5 Å². The number of piperidine rings is 1. The fourth-order valence-electron chi connectivity index (χ4n) is 3.57. The Labute approximate surface area is 178 Å². The van der Waals surface area contributed by atoms with Gasteiger partial charge in [0.1, 0.15) is 23.7 Å². The van der Waals surface area contributed by atoms with E-state index in [1.807, 2.05) is 13.0 Å². The molecule has 7 nitrogen and oxygen atoms in total. The minimum Gasteiger partial charge on any atom is -0.491 e. The molecule has 1 fully saturated rings. The normalized spacial score (nSPS) is 16.2. The van der Waals surface area contributed by atoms with Gasteiger partial charge in [-0.2, -0.15) is 4.36 Å². The lowest BCUT2D eigenvalue weighted by molar-refractivity contribution is -0.123. The maximum atomic E-state index is 13.9. The topological polar surface area (TPSA) is 88.5 Å². The molecule has 1 atom stereocenters. The van der Waals surface area contributed by atoms with Gasteiger partial charge in [0.25, 0.3) is 0 Å². The van der Waals surface area contributed by atoms with Gasteiger partial charge in [-0.3, -0.25) is 4.79 Å². The zero-order valence-corrected chi connectivity index (χ0v) is 17.1. The number of benzene rings is 2. The summed E-state index contributed by atoms with van der Waals surface area (Å²) in [6, 6.07) is 7.94. The highest BCUT2D eigenvalue weighted by atomic mass is 32.1. The lowest BCUT2D eigenvalue weighted by Crippen LogP contribution is -2.35. The second kappa shape index (κ2) is 8.66. The van der Waals surface area contributed by atoms with Gasteiger partial charge in [-0.05, 0) is 43.2 Å². The summed E-state index contributed by atoms with van der Waals surface area (Å²) in [4.78, 5) is 20.3. The largest absolute Gasteiger partial charge is 0.491 e. The molecule has 9 heteroatoms. The van der Waals surface area contributed by atoms with Crippen LogP contribution in [0.2, 0.25) is 0 Å². The Bertz CT molecular complexity index is 1120. The summed E-state index contributed by atoms with van der Waals surface area (Å²) in [6.45, 7) is 2.89. The number of rotatable bonds is 6. The van der Waals surface area contributed by atoms with Crippen LogP contribution >= 0.6 is 0 Å². The minimum atomic E-state index is -0.405. The van der Waals surface area contributed by atoms with Crippen LogP contribution in [-0.4, -0.2) is 29.0 Å². The molecule has 1 aliphatic rings. The van der Waals surface area contributed by atoms with Crippen molar-refractivity contribution in [1.29, 1.82) is 0 Å². The van der Waals surface area contributed by atoms with Crippen LogP contribution in [-0.2, 0) is 17.2 Å². The lowest BCUT2D eigenvalue weighted by atomic mass is 9.99. The molecule has 1 unspecified atom stereocenters. The Kier molecular flexibility index (Phi) is 5.80. The van der Waals surface area contributed by atoms with E-state index in [9.17, 15) is 9.18 Å². The van der Waals surface area contributed by atoms with Crippen LogP contribution in [0.4, 0.5) is 21.6 Å². The number of aromatic nitrogens is 2. The summed E-state index contributed by atoms with van der Waals surface area (Å²) in [6.07, 6.45) is 2.68. The molecule has 30 heavy (non-hydrogen) atoms. The van der Waals surface area contributed by atoms with Crippen molar-refractivity contribution in [3.63, 3.8) is 0 Å². The molecule has 2 heterocycles. The average Bonchev–Trinajstić information content (AvgIpc) is 2.73. The molecule has 0 spiro atoms. The summed E-state index contributed by atoms with van der Waals surface area (Å²) in [5.74, 6) is 0.639. The Balaban J connectivity index is 1.62. The van der Waals surface area contributed by atoms with Crippen molar-refractivity contribution in [3.8, 4) is 5.75 Å². The number of nitrogens with one attached hydrogen (secondary N) is 2. The maximum absolute atomic E-state index is 13.9. The second-order valence-electron chi connectivity index (χ2n) is 7.26. The van der Waals surface area contributed by atoms with Gasteiger partial charge in [-0.15, -0.1) is 0 Å². The Hall–Kier alpha value is -3.20. The molecule has 3 aromatic rings. The predicted molar refractivity (Wildman–Crippen MR) is 115 cm³/mol. The minimum absolute atomic E-state index is 0.0144. The standard InChI is InChI=1S/C21H20FN5O2S/c1-12-6-15(27-30)9-17-20(12)21(25-11-24-17)26-16-3-2-14(22)8-18(16)29-10-13-4-5-23-19(28)7-13/h2-3,6,8-9,11,13H,4-5,7,10H2,1H3,(H,23,28)(H,24,25,26). The van der Waals surface area contributed by atoms with Crippen LogP contribution in [0, 0.1) is 18.7 Å². The SMILES string of the molecule is Cc1cc(N=S)cc2ncnc(Nc3ccc(F)cc3OCC3CCNC(=O)C3)c12. The third-order valence-corrected chi connectivity index (χ3v) is 5.26. The van der Waals surface area contributed by atoms with Crippen molar-refractivity contribution in [2.45, 2.75) is 19.8 Å². The number of anilines is 2. The van der Waals surface area contributed by atoms with E-state index < -0.39 is 5.82 Å². The third-order valence-electron chi connectivity index (χ3n) is 5.05. The van der Waals surface area contributed by atoms with Gasteiger partial charge < -0.3 is 15.4 Å². The number of ether oxygens (including phenoxy) is 1. The fraction of sp³-hybridized carbons (Fsp3) is 0.286. The molecule has 1 aromatic heterocycles. The summed E-state index contributed by atoms with van der Waals surface area (Å²) in [5, 5.41) is 6.86. The molecule has 154 valence electrons. The zero-order valence-electron chi connectivity index (χ0n) is 16.3. The van der Waals surface area contributed by atoms with Crippen molar-refractivity contribution >= 4 is 46.4 Å². The molecular weight excluding hydrogens is 405 g/mol. The molecule has 2 N–H and O–H groups in total. The number of fused-ring (bicyclic) bond motifs is 1. The zero-order chi connectivity index (χ0) is 21.1. The smallest absolute Gasteiger partial charge is 0.220 e. The Morgan fingerprint density at radius 3 is 3.00 bits per heavy atom. The molecule has 0 bridgehead atoms. The van der Waals surface area contributed by atoms with Crippen molar-refractivity contribution < 1.29 is 13.9 Å². The van der Waals surface area contributed by atoms with Gasteiger partial charge in [0.05, 0.1) is 23.5 Å². The van der Waals surface area contributed by atoms with Crippen LogP contribution in [0.3, 0.4) is 0 Å². The predicted octanol–water partition coefficient (Wildman–Crippen LogP) is 4.09. The summed E-state index contributed by atoms with van der Waals surface area (Å²) >= 11 is 4.79. The van der Waals surface area contributed by atoms with Crippen LogP contribution in [0.15, 0.2) is 41.0 Å². The number of amides is 1. The first-order valence-electron chi connectivity index (χ1n) is 9.58. The molecule has 4 rings (SSSR count). The van der Waals surface area contributed by atoms with E-state index in [4.69, 9.17) is 17.2 Å². The van der Waals surface area contributed by atoms with Crippen LogP contribution in [0.1, 0.15) is 18.4 Å². The van der Waals surface area contributed by atoms with E-state index in [0.717, 1.165) is 17.4 Å². The van der Waals surface area contributed by atoms with Gasteiger partial charge in [-0.25, -0.2) is 14.4 Å². The van der Waals surface area contributed by atoms with Gasteiger partial charge in [-0.1, -0.05) is 0 Å². The molecule has 0 saturated carbocycles. The molecule has 0 radical (unpaired) electrons. The highest BCUT2D eigenvalue weighted by molar-refractivity contribution is 7.47. The number of aryl methyl sites for hydroxylation is 1. The number of carbonyl (C=O) groups excluding carboxylic acids is 1. The molecule has 2 aromatic carbocycles. The van der Waals surface area contributed by atoms with E-state index in [2.05, 4.69) is 25.0 Å². The van der Waals surface area contributed by atoms with Crippen molar-refractivity contribution in [1.82, 2.24) is 15.3 Å². The summed E-state index contributed by atoms with van der Waals surface area (Å²) in [5.41, 5.74) is 2.85. The first-order valence-corrected chi connectivity index (χ1v) is 9.95.